The molecule has 0 aliphatic heterocycles. The number of rotatable bonds is 7. The number of anilines is 1. The van der Waals surface area contributed by atoms with Crippen molar-refractivity contribution in [1.82, 2.24) is 4.72 Å². The van der Waals surface area contributed by atoms with Crippen molar-refractivity contribution < 1.29 is 32.2 Å². The fourth-order valence-electron chi connectivity index (χ4n) is 2.06. The zero-order valence-electron chi connectivity index (χ0n) is 16.3. The number of para-hydroxylation sites is 1. The van der Waals surface area contributed by atoms with Gasteiger partial charge in [0, 0.05) is 0 Å². The van der Waals surface area contributed by atoms with Crippen LogP contribution < -0.4 is 14.8 Å². The highest BCUT2D eigenvalue weighted by molar-refractivity contribution is 7.89. The first-order valence-electron chi connectivity index (χ1n) is 8.27. The Labute approximate surface area is 159 Å². The number of ether oxygens (including phenoxy) is 3. The molecular weight excluding hydrogens is 376 g/mol. The summed E-state index contributed by atoms with van der Waals surface area (Å²) >= 11 is 0. The van der Waals surface area contributed by atoms with Crippen LogP contribution in [0.4, 0.5) is 10.5 Å². The topological polar surface area (TPSA) is 120 Å². The first-order valence-corrected chi connectivity index (χ1v) is 9.75. The Morgan fingerprint density at radius 1 is 1.22 bits per heavy atom. The predicted molar refractivity (Wildman–Crippen MR) is 99.3 cm³/mol. The maximum Gasteiger partial charge on any atom is 0.412 e. The first-order chi connectivity index (χ1) is 12.4. The highest BCUT2D eigenvalue weighted by Gasteiger charge is 2.28. The molecule has 0 radical (unpaired) electrons. The highest BCUT2D eigenvalue weighted by Crippen LogP contribution is 2.32. The molecule has 2 N–H and O–H groups in total. The summed E-state index contributed by atoms with van der Waals surface area (Å²) in [6, 6.07) is 3.09. The van der Waals surface area contributed by atoms with Gasteiger partial charge in [-0.25, -0.2) is 13.2 Å². The lowest BCUT2D eigenvalue weighted by molar-refractivity contribution is -0.144. The molecule has 1 atom stereocenters. The average Bonchev–Trinajstić information content (AvgIpc) is 2.52. The maximum atomic E-state index is 12.7. The van der Waals surface area contributed by atoms with Gasteiger partial charge in [-0.15, -0.1) is 0 Å². The molecule has 0 saturated carbocycles. The third-order valence-corrected chi connectivity index (χ3v) is 4.64. The number of sulfonamides is 1. The van der Waals surface area contributed by atoms with Crippen LogP contribution in [0.2, 0.25) is 0 Å². The van der Waals surface area contributed by atoms with Crippen LogP contribution in [0.15, 0.2) is 23.1 Å². The van der Waals surface area contributed by atoms with Gasteiger partial charge in [-0.1, -0.05) is 6.07 Å². The van der Waals surface area contributed by atoms with Gasteiger partial charge in [-0.2, -0.15) is 4.72 Å². The van der Waals surface area contributed by atoms with Crippen molar-refractivity contribution >= 4 is 27.8 Å². The van der Waals surface area contributed by atoms with Crippen molar-refractivity contribution in [3.63, 3.8) is 0 Å². The Balaban J connectivity index is 3.14. The van der Waals surface area contributed by atoms with E-state index in [4.69, 9.17) is 14.2 Å². The van der Waals surface area contributed by atoms with E-state index in [1.165, 1.54) is 32.2 Å². The van der Waals surface area contributed by atoms with E-state index in [1.807, 2.05) is 0 Å². The second kappa shape index (κ2) is 9.05. The largest absolute Gasteiger partial charge is 0.493 e. The normalized spacial score (nSPS) is 12.8. The number of carbonyl (C=O) groups excluding carboxylic acids is 2. The molecule has 1 aromatic carbocycles. The summed E-state index contributed by atoms with van der Waals surface area (Å²) < 4.78 is 42.7. The fourth-order valence-corrected chi connectivity index (χ4v) is 3.45. The molecule has 152 valence electrons. The maximum absolute atomic E-state index is 12.7. The van der Waals surface area contributed by atoms with Crippen LogP contribution in [0, 0.1) is 0 Å². The van der Waals surface area contributed by atoms with Gasteiger partial charge in [0.2, 0.25) is 10.0 Å². The lowest BCUT2D eigenvalue weighted by atomic mass is 10.2. The lowest BCUT2D eigenvalue weighted by Gasteiger charge is -2.21. The molecule has 0 aliphatic rings. The van der Waals surface area contributed by atoms with Crippen LogP contribution >= 0.6 is 0 Å². The minimum Gasteiger partial charge on any atom is -0.493 e. The molecule has 10 heteroatoms. The molecule has 1 aromatic rings. The summed E-state index contributed by atoms with van der Waals surface area (Å²) in [5.41, 5.74) is -0.615. The average molecular weight is 402 g/mol. The summed E-state index contributed by atoms with van der Waals surface area (Å²) in [5.74, 6) is -0.796. The van der Waals surface area contributed by atoms with Gasteiger partial charge in [-0.05, 0) is 46.8 Å². The first kappa shape index (κ1) is 22.7. The number of amides is 1. The Bertz CT molecular complexity index is 785. The van der Waals surface area contributed by atoms with Crippen LogP contribution in [-0.2, 0) is 24.3 Å². The van der Waals surface area contributed by atoms with Crippen LogP contribution in [0.1, 0.15) is 34.6 Å². The van der Waals surface area contributed by atoms with Gasteiger partial charge in [0.1, 0.15) is 16.5 Å². The molecule has 0 unspecified atom stereocenters. The van der Waals surface area contributed by atoms with E-state index >= 15 is 0 Å². The van der Waals surface area contributed by atoms with E-state index in [-0.39, 0.29) is 22.9 Å². The summed E-state index contributed by atoms with van der Waals surface area (Å²) in [7, 11) is -2.86. The summed E-state index contributed by atoms with van der Waals surface area (Å²) in [4.78, 5) is 23.4. The Morgan fingerprint density at radius 3 is 2.37 bits per heavy atom. The second-order valence-electron chi connectivity index (χ2n) is 6.56. The van der Waals surface area contributed by atoms with Gasteiger partial charge >= 0.3 is 12.1 Å². The monoisotopic (exact) mass is 402 g/mol. The number of carbonyl (C=O) groups is 2. The van der Waals surface area contributed by atoms with E-state index in [0.717, 1.165) is 0 Å². The Kier molecular flexibility index (Phi) is 7.61. The lowest BCUT2D eigenvalue weighted by Crippen LogP contribution is -2.39. The molecule has 1 amide bonds. The molecule has 0 bridgehead atoms. The SMILES string of the molecule is CCOC(=O)[C@H](C)NS(=O)(=O)c1cccc(NC(=O)OC(C)(C)C)c1OC. The molecule has 0 saturated heterocycles. The minimum atomic E-state index is -4.13. The molecule has 0 aromatic heterocycles. The molecule has 0 spiro atoms. The molecular formula is C17H26N2O7S. The number of hydrogen-bond acceptors (Lipinski definition) is 7. The number of hydrogen-bond donors (Lipinski definition) is 2. The second-order valence-corrected chi connectivity index (χ2v) is 8.24. The smallest absolute Gasteiger partial charge is 0.412 e. The third kappa shape index (κ3) is 6.72. The standard InChI is InChI=1S/C17H26N2O7S/c1-7-25-15(20)11(2)19-27(22,23)13-10-8-9-12(14(13)24-6)18-16(21)26-17(3,4)5/h8-11,19H,7H2,1-6H3,(H,18,21)/t11-/m0/s1. The van der Waals surface area contributed by atoms with Crippen molar-refractivity contribution in [2.75, 3.05) is 19.0 Å². The predicted octanol–water partition coefficient (Wildman–Crippen LogP) is 2.27. The van der Waals surface area contributed by atoms with Crippen molar-refractivity contribution in [2.45, 2.75) is 51.2 Å². The summed E-state index contributed by atoms with van der Waals surface area (Å²) in [6.45, 7) is 8.21. The molecule has 27 heavy (non-hydrogen) atoms. The van der Waals surface area contributed by atoms with E-state index in [2.05, 4.69) is 10.0 Å². The van der Waals surface area contributed by atoms with Crippen molar-refractivity contribution in [3.8, 4) is 5.75 Å². The third-order valence-electron chi connectivity index (χ3n) is 3.08. The molecule has 0 aliphatic carbocycles. The fraction of sp³-hybridized carbons (Fsp3) is 0.529. The van der Waals surface area contributed by atoms with Gasteiger partial charge < -0.3 is 14.2 Å². The quantitative estimate of drug-likeness (QED) is 0.671. The number of nitrogens with one attached hydrogen (secondary N) is 2. The number of methoxy groups -OCH3 is 1. The molecule has 1 rings (SSSR count). The van der Waals surface area contributed by atoms with Crippen LogP contribution in [-0.4, -0.2) is 45.8 Å². The molecule has 9 nitrogen and oxygen atoms in total. The zero-order valence-corrected chi connectivity index (χ0v) is 17.1. The number of benzene rings is 1. The van der Waals surface area contributed by atoms with Crippen LogP contribution in [0.3, 0.4) is 0 Å². The van der Waals surface area contributed by atoms with Crippen molar-refractivity contribution in [2.24, 2.45) is 0 Å². The van der Waals surface area contributed by atoms with E-state index < -0.39 is 33.7 Å². The van der Waals surface area contributed by atoms with E-state index in [0.29, 0.717) is 0 Å². The Morgan fingerprint density at radius 2 is 1.85 bits per heavy atom. The van der Waals surface area contributed by atoms with Gasteiger partial charge in [0.25, 0.3) is 0 Å². The van der Waals surface area contributed by atoms with Crippen molar-refractivity contribution in [3.05, 3.63) is 18.2 Å². The Hall–Kier alpha value is -2.33. The van der Waals surface area contributed by atoms with Crippen LogP contribution in [0.5, 0.6) is 5.75 Å². The van der Waals surface area contributed by atoms with E-state index in [1.54, 1.807) is 27.7 Å². The van der Waals surface area contributed by atoms with Crippen LogP contribution in [0.25, 0.3) is 0 Å². The molecule has 0 heterocycles. The minimum absolute atomic E-state index is 0.0908. The zero-order chi connectivity index (χ0) is 20.8. The summed E-state index contributed by atoms with van der Waals surface area (Å²) in [5, 5.41) is 2.46. The number of esters is 1. The van der Waals surface area contributed by atoms with Gasteiger partial charge in [0.05, 0.1) is 19.4 Å². The van der Waals surface area contributed by atoms with Gasteiger partial charge in [-0.3, -0.25) is 10.1 Å². The molecule has 0 fully saturated rings. The van der Waals surface area contributed by atoms with E-state index in [9.17, 15) is 18.0 Å². The van der Waals surface area contributed by atoms with Gasteiger partial charge in [0.15, 0.2) is 5.75 Å². The summed E-state index contributed by atoms with van der Waals surface area (Å²) in [6.07, 6.45) is -0.761. The van der Waals surface area contributed by atoms with Crippen molar-refractivity contribution in [1.29, 1.82) is 0 Å². The highest BCUT2D eigenvalue weighted by atomic mass is 32.2.